The fraction of sp³-hybridized carbons (Fsp3) is 0.615. The lowest BCUT2D eigenvalue weighted by Gasteiger charge is -2.18. The van der Waals surface area contributed by atoms with Gasteiger partial charge >= 0.3 is 0 Å². The van der Waals surface area contributed by atoms with Crippen molar-refractivity contribution < 1.29 is 4.74 Å². The first-order valence-electron chi connectivity index (χ1n) is 6.06. The quantitative estimate of drug-likeness (QED) is 0.770. The number of aryl methyl sites for hydroxylation is 1. The second kappa shape index (κ2) is 7.23. The summed E-state index contributed by atoms with van der Waals surface area (Å²) in [6, 6.07) is 3.96. The summed E-state index contributed by atoms with van der Waals surface area (Å²) in [5.74, 6) is 0.863. The summed E-state index contributed by atoms with van der Waals surface area (Å²) in [5, 5.41) is 3.32. The van der Waals surface area contributed by atoms with Gasteiger partial charge < -0.3 is 10.1 Å². The molecule has 0 radical (unpaired) electrons. The van der Waals surface area contributed by atoms with E-state index in [0.717, 1.165) is 37.4 Å². The summed E-state index contributed by atoms with van der Waals surface area (Å²) in [4.78, 5) is 4.23. The Bertz CT molecular complexity index is 284. The molecule has 0 aliphatic carbocycles. The van der Waals surface area contributed by atoms with Crippen LogP contribution in [0.15, 0.2) is 18.3 Å². The van der Waals surface area contributed by atoms with E-state index in [4.69, 9.17) is 4.74 Å². The molecule has 0 bridgehead atoms. The Morgan fingerprint density at radius 3 is 2.75 bits per heavy atom. The van der Waals surface area contributed by atoms with Gasteiger partial charge in [0.15, 0.2) is 0 Å². The monoisotopic (exact) mass is 222 g/mol. The number of nitrogens with one attached hydrogen (secondary N) is 1. The topological polar surface area (TPSA) is 34.1 Å². The van der Waals surface area contributed by atoms with E-state index in [1.54, 1.807) is 6.20 Å². The van der Waals surface area contributed by atoms with E-state index < -0.39 is 0 Å². The van der Waals surface area contributed by atoms with E-state index in [1.807, 2.05) is 19.1 Å². The predicted molar refractivity (Wildman–Crippen MR) is 66.8 cm³/mol. The maximum Gasteiger partial charge on any atom is 0.138 e. The lowest BCUT2D eigenvalue weighted by molar-refractivity contribution is 0.186. The Hall–Kier alpha value is -1.09. The van der Waals surface area contributed by atoms with Gasteiger partial charge in [-0.3, -0.25) is 4.98 Å². The van der Waals surface area contributed by atoms with Gasteiger partial charge in [-0.1, -0.05) is 20.3 Å². The first-order chi connectivity index (χ1) is 7.76. The minimum atomic E-state index is 0.245. The maximum atomic E-state index is 5.89. The van der Waals surface area contributed by atoms with Gasteiger partial charge in [-0.15, -0.1) is 0 Å². The van der Waals surface area contributed by atoms with Crippen LogP contribution in [-0.2, 0) is 0 Å². The van der Waals surface area contributed by atoms with Crippen molar-refractivity contribution in [1.82, 2.24) is 10.3 Å². The highest BCUT2D eigenvalue weighted by Crippen LogP contribution is 2.13. The SMILES string of the molecule is CCCC(CNCC)Oc1ccc(C)nc1. The standard InChI is InChI=1S/C13H22N2O/c1-4-6-12(9-14-5-2)16-13-8-7-11(3)15-10-13/h7-8,10,12,14H,4-6,9H2,1-3H3. The lowest BCUT2D eigenvalue weighted by atomic mass is 10.2. The summed E-state index contributed by atoms with van der Waals surface area (Å²) in [6.45, 7) is 8.14. The van der Waals surface area contributed by atoms with Gasteiger partial charge in [0.2, 0.25) is 0 Å². The van der Waals surface area contributed by atoms with Crippen molar-refractivity contribution in [1.29, 1.82) is 0 Å². The van der Waals surface area contributed by atoms with Crippen molar-refractivity contribution in [3.63, 3.8) is 0 Å². The molecule has 1 aromatic heterocycles. The van der Waals surface area contributed by atoms with Gasteiger partial charge in [0.25, 0.3) is 0 Å². The molecular formula is C13H22N2O. The van der Waals surface area contributed by atoms with E-state index in [1.165, 1.54) is 0 Å². The van der Waals surface area contributed by atoms with E-state index in [9.17, 15) is 0 Å². The van der Waals surface area contributed by atoms with Gasteiger partial charge in [0, 0.05) is 12.2 Å². The molecule has 0 amide bonds. The molecule has 3 heteroatoms. The zero-order valence-electron chi connectivity index (χ0n) is 10.5. The second-order valence-corrected chi connectivity index (χ2v) is 3.97. The molecule has 3 nitrogen and oxygen atoms in total. The number of hydrogen-bond acceptors (Lipinski definition) is 3. The zero-order valence-corrected chi connectivity index (χ0v) is 10.5. The van der Waals surface area contributed by atoms with Crippen LogP contribution in [0, 0.1) is 6.92 Å². The first kappa shape index (κ1) is 13.0. The minimum Gasteiger partial charge on any atom is -0.487 e. The first-order valence-corrected chi connectivity index (χ1v) is 6.06. The predicted octanol–water partition coefficient (Wildman–Crippen LogP) is 2.55. The van der Waals surface area contributed by atoms with E-state index in [-0.39, 0.29) is 6.10 Å². The number of likely N-dealkylation sites (N-methyl/N-ethyl adjacent to an activating group) is 1. The molecule has 0 fully saturated rings. The molecule has 1 atom stereocenters. The van der Waals surface area contributed by atoms with Crippen LogP contribution in [0.1, 0.15) is 32.4 Å². The fourth-order valence-corrected chi connectivity index (χ4v) is 1.55. The van der Waals surface area contributed by atoms with Crippen molar-refractivity contribution in [2.75, 3.05) is 13.1 Å². The molecule has 0 aromatic carbocycles. The molecular weight excluding hydrogens is 200 g/mol. The summed E-state index contributed by atoms with van der Waals surface area (Å²) in [7, 11) is 0. The molecule has 1 aromatic rings. The van der Waals surface area contributed by atoms with Crippen LogP contribution in [-0.4, -0.2) is 24.2 Å². The molecule has 0 aliphatic heterocycles. The number of aromatic nitrogens is 1. The summed E-state index contributed by atoms with van der Waals surface area (Å²) in [5.41, 5.74) is 1.02. The van der Waals surface area contributed by atoms with E-state index in [0.29, 0.717) is 0 Å². The van der Waals surface area contributed by atoms with Crippen LogP contribution in [0.2, 0.25) is 0 Å². The molecule has 1 heterocycles. The highest BCUT2D eigenvalue weighted by atomic mass is 16.5. The molecule has 0 spiro atoms. The third-order valence-electron chi connectivity index (χ3n) is 2.42. The van der Waals surface area contributed by atoms with Gasteiger partial charge in [-0.05, 0) is 32.0 Å². The second-order valence-electron chi connectivity index (χ2n) is 3.97. The van der Waals surface area contributed by atoms with Crippen LogP contribution < -0.4 is 10.1 Å². The van der Waals surface area contributed by atoms with Crippen molar-refractivity contribution in [2.45, 2.75) is 39.7 Å². The number of rotatable bonds is 7. The van der Waals surface area contributed by atoms with Gasteiger partial charge in [-0.25, -0.2) is 0 Å². The largest absolute Gasteiger partial charge is 0.487 e. The average molecular weight is 222 g/mol. The normalized spacial score (nSPS) is 12.4. The number of pyridine rings is 1. The van der Waals surface area contributed by atoms with Gasteiger partial charge in [-0.2, -0.15) is 0 Å². The van der Waals surface area contributed by atoms with Crippen LogP contribution in [0.4, 0.5) is 0 Å². The number of hydrogen-bond donors (Lipinski definition) is 1. The van der Waals surface area contributed by atoms with Gasteiger partial charge in [0.05, 0.1) is 6.20 Å². The third kappa shape index (κ3) is 4.62. The third-order valence-corrected chi connectivity index (χ3v) is 2.42. The van der Waals surface area contributed by atoms with Crippen molar-refractivity contribution in [2.24, 2.45) is 0 Å². The molecule has 0 aliphatic rings. The molecule has 0 saturated carbocycles. The molecule has 1 N–H and O–H groups in total. The van der Waals surface area contributed by atoms with Crippen LogP contribution in [0.5, 0.6) is 5.75 Å². The van der Waals surface area contributed by atoms with Crippen molar-refractivity contribution in [3.8, 4) is 5.75 Å². The van der Waals surface area contributed by atoms with Gasteiger partial charge in [0.1, 0.15) is 11.9 Å². The summed E-state index contributed by atoms with van der Waals surface area (Å²) < 4.78 is 5.89. The molecule has 16 heavy (non-hydrogen) atoms. The molecule has 90 valence electrons. The fourth-order valence-electron chi connectivity index (χ4n) is 1.55. The van der Waals surface area contributed by atoms with E-state index >= 15 is 0 Å². The Labute approximate surface area is 98.2 Å². The Balaban J connectivity index is 2.49. The van der Waals surface area contributed by atoms with E-state index in [2.05, 4.69) is 24.1 Å². The lowest BCUT2D eigenvalue weighted by Crippen LogP contribution is -2.31. The summed E-state index contributed by atoms with van der Waals surface area (Å²) >= 11 is 0. The average Bonchev–Trinajstić information content (AvgIpc) is 2.29. The molecule has 0 saturated heterocycles. The number of ether oxygens (including phenoxy) is 1. The molecule has 1 unspecified atom stereocenters. The Kier molecular flexibility index (Phi) is 5.86. The van der Waals surface area contributed by atoms with Crippen molar-refractivity contribution >= 4 is 0 Å². The minimum absolute atomic E-state index is 0.245. The van der Waals surface area contributed by atoms with Crippen LogP contribution >= 0.6 is 0 Å². The maximum absolute atomic E-state index is 5.89. The Morgan fingerprint density at radius 1 is 1.38 bits per heavy atom. The van der Waals surface area contributed by atoms with Crippen LogP contribution in [0.25, 0.3) is 0 Å². The highest BCUT2D eigenvalue weighted by Gasteiger charge is 2.08. The zero-order chi connectivity index (χ0) is 11.8. The highest BCUT2D eigenvalue weighted by molar-refractivity contribution is 5.19. The van der Waals surface area contributed by atoms with Crippen molar-refractivity contribution in [3.05, 3.63) is 24.0 Å². The number of nitrogens with zero attached hydrogens (tertiary/aromatic N) is 1. The Morgan fingerprint density at radius 2 is 2.19 bits per heavy atom. The van der Waals surface area contributed by atoms with Crippen LogP contribution in [0.3, 0.4) is 0 Å². The summed E-state index contributed by atoms with van der Waals surface area (Å²) in [6.07, 6.45) is 4.25. The smallest absolute Gasteiger partial charge is 0.138 e. The molecule has 1 rings (SSSR count).